The van der Waals surface area contributed by atoms with Gasteiger partial charge in [0.1, 0.15) is 0 Å². The van der Waals surface area contributed by atoms with Crippen molar-refractivity contribution < 1.29 is 4.79 Å². The van der Waals surface area contributed by atoms with Gasteiger partial charge in [-0.2, -0.15) is 0 Å². The molecule has 0 aliphatic carbocycles. The van der Waals surface area contributed by atoms with Crippen LogP contribution in [0.15, 0.2) is 12.7 Å². The van der Waals surface area contributed by atoms with Gasteiger partial charge in [-0.3, -0.25) is 4.79 Å². The number of unbranched alkanes of at least 4 members (excludes halogenated alkanes) is 10. The minimum absolute atomic E-state index is 0. The first-order chi connectivity index (χ1) is 8.31. The van der Waals surface area contributed by atoms with Crippen LogP contribution in [0.2, 0.25) is 0 Å². The maximum atomic E-state index is 11.0. The molecular formula is C16H30NaO. The summed E-state index contributed by atoms with van der Waals surface area (Å²) >= 11 is 0. The second-order valence-electron chi connectivity index (χ2n) is 4.96. The van der Waals surface area contributed by atoms with Gasteiger partial charge in [-0.05, 0) is 12.5 Å². The van der Waals surface area contributed by atoms with Crippen molar-refractivity contribution in [2.75, 3.05) is 0 Å². The van der Waals surface area contributed by atoms with Gasteiger partial charge in [0.05, 0.1) is 0 Å². The van der Waals surface area contributed by atoms with Crippen LogP contribution in [0.1, 0.15) is 84.0 Å². The van der Waals surface area contributed by atoms with Gasteiger partial charge in [0.2, 0.25) is 0 Å². The second kappa shape index (κ2) is 17.4. The van der Waals surface area contributed by atoms with Gasteiger partial charge in [-0.1, -0.05) is 77.7 Å². The van der Waals surface area contributed by atoms with E-state index in [2.05, 4.69) is 13.5 Å². The number of rotatable bonds is 13. The molecule has 0 spiro atoms. The largest absolute Gasteiger partial charge is 0.295 e. The standard InChI is InChI=1S/C16H30O.Na/c1-3-5-6-7-8-9-10-11-12-13-14-15-16(17)4-2;/h4H,2-3,5-15H2,1H3;. The average molecular weight is 261 g/mol. The Morgan fingerprint density at radius 1 is 0.833 bits per heavy atom. The summed E-state index contributed by atoms with van der Waals surface area (Å²) in [4.78, 5) is 11.0. The fourth-order valence-corrected chi connectivity index (χ4v) is 2.07. The third-order valence-electron chi connectivity index (χ3n) is 3.25. The van der Waals surface area contributed by atoms with E-state index in [1.165, 1.54) is 70.3 Å². The number of hydrogen-bond acceptors (Lipinski definition) is 1. The van der Waals surface area contributed by atoms with E-state index >= 15 is 0 Å². The van der Waals surface area contributed by atoms with Crippen LogP contribution in [0.25, 0.3) is 0 Å². The zero-order chi connectivity index (χ0) is 12.8. The zero-order valence-electron chi connectivity index (χ0n) is 12.7. The van der Waals surface area contributed by atoms with Crippen molar-refractivity contribution in [2.24, 2.45) is 0 Å². The molecule has 0 saturated carbocycles. The molecular weight excluding hydrogens is 231 g/mol. The Labute approximate surface area is 136 Å². The Kier molecular flexibility index (Phi) is 20.0. The topological polar surface area (TPSA) is 17.1 Å². The second-order valence-corrected chi connectivity index (χ2v) is 4.96. The van der Waals surface area contributed by atoms with Crippen molar-refractivity contribution in [1.82, 2.24) is 0 Å². The summed E-state index contributed by atoms with van der Waals surface area (Å²) in [5.41, 5.74) is 0. The monoisotopic (exact) mass is 261 g/mol. The number of carbonyl (C=O) groups is 1. The molecule has 0 aliphatic heterocycles. The van der Waals surface area contributed by atoms with Crippen molar-refractivity contribution in [1.29, 1.82) is 0 Å². The third kappa shape index (κ3) is 16.4. The Balaban J connectivity index is 0. The molecule has 0 N–H and O–H groups in total. The Bertz CT molecular complexity index is 190. The normalized spacial score (nSPS) is 9.83. The molecule has 101 valence electrons. The number of ketones is 1. The molecule has 0 unspecified atom stereocenters. The van der Waals surface area contributed by atoms with Crippen LogP contribution in [0, 0.1) is 0 Å². The Morgan fingerprint density at radius 3 is 1.61 bits per heavy atom. The van der Waals surface area contributed by atoms with Gasteiger partial charge in [-0.15, -0.1) is 0 Å². The van der Waals surface area contributed by atoms with Crippen LogP contribution >= 0.6 is 0 Å². The maximum Gasteiger partial charge on any atom is 0.155 e. The van der Waals surface area contributed by atoms with Crippen LogP contribution < -0.4 is 0 Å². The van der Waals surface area contributed by atoms with Crippen LogP contribution in [0.4, 0.5) is 0 Å². The first-order valence-electron chi connectivity index (χ1n) is 7.46. The first-order valence-corrected chi connectivity index (χ1v) is 7.46. The molecule has 0 rings (SSSR count). The summed E-state index contributed by atoms with van der Waals surface area (Å²) < 4.78 is 0. The molecule has 0 bridgehead atoms. The average Bonchev–Trinajstić information content (AvgIpc) is 2.35. The molecule has 0 aromatic rings. The first kappa shape index (κ1) is 20.7. The minimum Gasteiger partial charge on any atom is -0.295 e. The molecule has 0 fully saturated rings. The predicted molar refractivity (Wildman–Crippen MR) is 82.0 cm³/mol. The summed E-state index contributed by atoms with van der Waals surface area (Å²) in [6.07, 6.45) is 16.8. The van der Waals surface area contributed by atoms with Gasteiger partial charge in [-0.25, -0.2) is 0 Å². The van der Waals surface area contributed by atoms with E-state index in [4.69, 9.17) is 0 Å². The molecule has 0 saturated heterocycles. The van der Waals surface area contributed by atoms with Crippen LogP contribution in [0.5, 0.6) is 0 Å². The van der Waals surface area contributed by atoms with Crippen molar-refractivity contribution >= 4 is 35.3 Å². The van der Waals surface area contributed by atoms with E-state index in [9.17, 15) is 4.79 Å². The maximum absolute atomic E-state index is 11.0. The summed E-state index contributed by atoms with van der Waals surface area (Å²) in [5.74, 6) is 0.195. The quantitative estimate of drug-likeness (QED) is 0.257. The van der Waals surface area contributed by atoms with Crippen molar-refractivity contribution in [3.8, 4) is 0 Å². The van der Waals surface area contributed by atoms with Gasteiger partial charge < -0.3 is 0 Å². The van der Waals surface area contributed by atoms with E-state index in [0.29, 0.717) is 6.42 Å². The molecule has 18 heavy (non-hydrogen) atoms. The molecule has 0 aliphatic rings. The van der Waals surface area contributed by atoms with E-state index in [1.807, 2.05) is 0 Å². The van der Waals surface area contributed by atoms with Gasteiger partial charge in [0, 0.05) is 36.0 Å². The molecule has 0 atom stereocenters. The molecule has 0 aromatic carbocycles. The smallest absolute Gasteiger partial charge is 0.155 e. The summed E-state index contributed by atoms with van der Waals surface area (Å²) in [7, 11) is 0. The fourth-order valence-electron chi connectivity index (χ4n) is 2.07. The Morgan fingerprint density at radius 2 is 1.22 bits per heavy atom. The van der Waals surface area contributed by atoms with Gasteiger partial charge in [0.25, 0.3) is 0 Å². The van der Waals surface area contributed by atoms with Gasteiger partial charge >= 0.3 is 0 Å². The molecule has 1 nitrogen and oxygen atoms in total. The predicted octanol–water partition coefficient (Wildman–Crippen LogP) is 5.06. The van der Waals surface area contributed by atoms with E-state index in [0.717, 1.165) is 6.42 Å². The molecule has 1 radical (unpaired) electrons. The molecule has 0 aromatic heterocycles. The van der Waals surface area contributed by atoms with Crippen LogP contribution in [-0.4, -0.2) is 35.3 Å². The molecule has 0 heterocycles. The molecule has 0 amide bonds. The zero-order valence-corrected chi connectivity index (χ0v) is 14.7. The Hall–Kier alpha value is 0.410. The third-order valence-corrected chi connectivity index (χ3v) is 3.25. The number of allylic oxidation sites excluding steroid dienone is 1. The van der Waals surface area contributed by atoms with Crippen LogP contribution in [0.3, 0.4) is 0 Å². The van der Waals surface area contributed by atoms with E-state index in [1.54, 1.807) is 0 Å². The minimum atomic E-state index is 0. The van der Waals surface area contributed by atoms with Crippen molar-refractivity contribution in [3.63, 3.8) is 0 Å². The summed E-state index contributed by atoms with van der Waals surface area (Å²) in [6, 6.07) is 0. The van der Waals surface area contributed by atoms with Crippen molar-refractivity contribution in [2.45, 2.75) is 84.0 Å². The SMILES string of the molecule is C=CC(=O)CCCCCCCCCCCCC.[Na]. The van der Waals surface area contributed by atoms with Gasteiger partial charge in [0.15, 0.2) is 5.78 Å². The van der Waals surface area contributed by atoms with Crippen LogP contribution in [-0.2, 0) is 4.79 Å². The van der Waals surface area contributed by atoms with E-state index < -0.39 is 0 Å². The van der Waals surface area contributed by atoms with E-state index in [-0.39, 0.29) is 35.3 Å². The molecule has 2 heteroatoms. The number of hydrogen-bond donors (Lipinski definition) is 0. The van der Waals surface area contributed by atoms with Crippen molar-refractivity contribution in [3.05, 3.63) is 12.7 Å². The fraction of sp³-hybridized carbons (Fsp3) is 0.812. The number of carbonyl (C=O) groups excluding carboxylic acids is 1. The summed E-state index contributed by atoms with van der Waals surface area (Å²) in [6.45, 7) is 5.74. The summed E-state index contributed by atoms with van der Waals surface area (Å²) in [5, 5.41) is 0.